The molecule has 0 spiro atoms. The monoisotopic (exact) mass is 302 g/mol. The van der Waals surface area contributed by atoms with Crippen molar-refractivity contribution in [2.24, 2.45) is 0 Å². The summed E-state index contributed by atoms with van der Waals surface area (Å²) in [5.41, 5.74) is 0.444. The van der Waals surface area contributed by atoms with Crippen molar-refractivity contribution in [2.45, 2.75) is 19.1 Å². The maximum atomic E-state index is 13.0. The minimum absolute atomic E-state index is 0.102. The second-order valence-electron chi connectivity index (χ2n) is 4.43. The molecule has 112 valence electrons. The third-order valence-electron chi connectivity index (χ3n) is 2.88. The van der Waals surface area contributed by atoms with Gasteiger partial charge in [-0.1, -0.05) is 0 Å². The molecule has 0 saturated heterocycles. The number of carbonyl (C=O) groups is 2. The number of alkyl halides is 3. The fourth-order valence-corrected chi connectivity index (χ4v) is 1.87. The van der Waals surface area contributed by atoms with Gasteiger partial charge < -0.3 is 9.72 Å². The molecule has 0 aliphatic rings. The van der Waals surface area contributed by atoms with Gasteiger partial charge in [0.05, 0.1) is 11.6 Å². The van der Waals surface area contributed by atoms with Crippen LogP contribution in [-0.2, 0) is 4.79 Å². The lowest BCUT2D eigenvalue weighted by atomic mass is 10.1. The Bertz CT molecular complexity index is 706. The average molecular weight is 302 g/mol. The fourth-order valence-electron chi connectivity index (χ4n) is 1.87. The number of nitrogens with one attached hydrogen (secondary N) is 1. The number of pyridine rings is 1. The van der Waals surface area contributed by atoms with E-state index in [2.05, 4.69) is 0 Å². The molecule has 8 heteroatoms. The summed E-state index contributed by atoms with van der Waals surface area (Å²) in [5.74, 6) is -3.39. The van der Waals surface area contributed by atoms with E-state index >= 15 is 0 Å². The first kappa shape index (κ1) is 15.0. The minimum atomic E-state index is -5.06. The first-order valence-electron chi connectivity index (χ1n) is 5.88. The van der Waals surface area contributed by atoms with Crippen LogP contribution >= 0.6 is 0 Å². The summed E-state index contributed by atoms with van der Waals surface area (Å²) >= 11 is 0. The third kappa shape index (κ3) is 3.04. The molecule has 1 amide bonds. The number of nitrogens with zero attached hydrogens (tertiary/aromatic N) is 1. The molecule has 0 aliphatic carbocycles. The summed E-state index contributed by atoms with van der Waals surface area (Å²) in [6.07, 6.45) is -2.52. The summed E-state index contributed by atoms with van der Waals surface area (Å²) < 4.78 is 50.8. The van der Waals surface area contributed by atoms with Crippen molar-refractivity contribution >= 4 is 17.2 Å². The lowest BCUT2D eigenvalue weighted by molar-refractivity contribution is -0.173. The molecule has 2 aromatic heterocycles. The molecular formula is C13H10F4N2O2. The molecule has 0 saturated carbocycles. The number of hydrogen-bond acceptors (Lipinski definition) is 2. The van der Waals surface area contributed by atoms with Crippen LogP contribution in [0.4, 0.5) is 17.6 Å². The smallest absolute Gasteiger partial charge is 0.338 e. The van der Waals surface area contributed by atoms with Gasteiger partial charge in [-0.3, -0.25) is 9.59 Å². The zero-order chi connectivity index (χ0) is 15.8. The molecule has 0 bridgehead atoms. The number of hydrogen-bond donors (Lipinski definition) is 1. The van der Waals surface area contributed by atoms with Gasteiger partial charge in [0.25, 0.3) is 0 Å². The predicted molar refractivity (Wildman–Crippen MR) is 65.3 cm³/mol. The van der Waals surface area contributed by atoms with Crippen molar-refractivity contribution in [3.05, 3.63) is 42.0 Å². The largest absolute Gasteiger partial charge is 0.471 e. The number of ketones is 1. The highest BCUT2D eigenvalue weighted by atomic mass is 19.4. The Morgan fingerprint density at radius 3 is 2.52 bits per heavy atom. The van der Waals surface area contributed by atoms with Crippen molar-refractivity contribution in [2.75, 3.05) is 0 Å². The normalized spacial score (nSPS) is 13.2. The molecule has 21 heavy (non-hydrogen) atoms. The molecule has 2 aromatic rings. The van der Waals surface area contributed by atoms with Crippen molar-refractivity contribution in [3.63, 3.8) is 0 Å². The summed E-state index contributed by atoms with van der Waals surface area (Å²) in [5, 5.41) is 1.59. The maximum Gasteiger partial charge on any atom is 0.471 e. The highest BCUT2D eigenvalue weighted by Crippen LogP contribution is 2.18. The number of carbonyl (C=O) groups excluding carboxylic acids is 2. The Morgan fingerprint density at radius 1 is 1.24 bits per heavy atom. The van der Waals surface area contributed by atoms with Crippen molar-refractivity contribution in [3.8, 4) is 0 Å². The zero-order valence-corrected chi connectivity index (χ0v) is 10.7. The van der Waals surface area contributed by atoms with Crippen LogP contribution in [0.1, 0.15) is 17.3 Å². The Kier molecular flexibility index (Phi) is 3.71. The molecule has 0 fully saturated rings. The van der Waals surface area contributed by atoms with E-state index < -0.39 is 29.7 Å². The number of aromatic nitrogens is 1. The second-order valence-corrected chi connectivity index (χ2v) is 4.43. The van der Waals surface area contributed by atoms with Gasteiger partial charge in [0.15, 0.2) is 5.78 Å². The van der Waals surface area contributed by atoms with E-state index in [1.165, 1.54) is 22.7 Å². The van der Waals surface area contributed by atoms with Crippen LogP contribution in [-0.4, -0.2) is 28.3 Å². The zero-order valence-electron chi connectivity index (χ0n) is 10.7. The highest BCUT2D eigenvalue weighted by molar-refractivity contribution is 6.07. The average Bonchev–Trinajstić information content (AvgIpc) is 2.79. The van der Waals surface area contributed by atoms with Crippen LogP contribution in [0.15, 0.2) is 30.6 Å². The predicted octanol–water partition coefficient (Wildman–Crippen LogP) is 2.33. The van der Waals surface area contributed by atoms with Gasteiger partial charge in [-0.2, -0.15) is 13.2 Å². The van der Waals surface area contributed by atoms with Crippen LogP contribution in [0.3, 0.4) is 0 Å². The number of halogens is 4. The topological polar surface area (TPSA) is 50.6 Å². The number of fused-ring (bicyclic) bond motifs is 1. The Morgan fingerprint density at radius 2 is 1.90 bits per heavy atom. The Labute approximate surface area is 116 Å². The molecule has 4 nitrogen and oxygen atoms in total. The number of amides is 1. The van der Waals surface area contributed by atoms with Gasteiger partial charge in [-0.25, -0.2) is 4.39 Å². The van der Waals surface area contributed by atoms with Gasteiger partial charge in [0.1, 0.15) is 5.82 Å². The van der Waals surface area contributed by atoms with E-state index in [4.69, 9.17) is 0 Å². The molecular weight excluding hydrogens is 292 g/mol. The molecule has 0 aliphatic heterocycles. The van der Waals surface area contributed by atoms with E-state index in [0.29, 0.717) is 5.52 Å². The summed E-state index contributed by atoms with van der Waals surface area (Å²) in [7, 11) is 0. The lowest BCUT2D eigenvalue weighted by Gasteiger charge is -2.14. The number of Topliss-reactive ketones (excluding diaryl/α,β-unsaturated/α-hetero) is 1. The fraction of sp³-hybridized carbons (Fsp3) is 0.231. The number of rotatable bonds is 3. The van der Waals surface area contributed by atoms with Crippen molar-refractivity contribution < 1.29 is 27.2 Å². The van der Waals surface area contributed by atoms with E-state index in [1.807, 2.05) is 0 Å². The van der Waals surface area contributed by atoms with E-state index in [9.17, 15) is 27.2 Å². The first-order valence-corrected chi connectivity index (χ1v) is 5.88. The van der Waals surface area contributed by atoms with Crippen LogP contribution in [0.2, 0.25) is 0 Å². The van der Waals surface area contributed by atoms with Gasteiger partial charge in [-0.05, 0) is 25.1 Å². The molecule has 1 atom stereocenters. The van der Waals surface area contributed by atoms with E-state index in [1.54, 1.807) is 5.32 Å². The summed E-state index contributed by atoms with van der Waals surface area (Å²) in [6.45, 7) is 1.15. The standard InChI is InChI=1S/C13H10F4N2O2/c1-7(18-12(21)13(15,16)17)11(20)9-4-5-19-6-8(14)2-3-10(9)19/h2-7H,1H3,(H,18,21). The van der Waals surface area contributed by atoms with Crippen molar-refractivity contribution in [1.82, 2.24) is 9.72 Å². The van der Waals surface area contributed by atoms with Gasteiger partial charge in [-0.15, -0.1) is 0 Å². The molecule has 2 rings (SSSR count). The molecule has 2 heterocycles. The first-order chi connectivity index (χ1) is 9.70. The highest BCUT2D eigenvalue weighted by Gasteiger charge is 2.40. The maximum absolute atomic E-state index is 13.0. The van der Waals surface area contributed by atoms with Crippen LogP contribution in [0.5, 0.6) is 0 Å². The van der Waals surface area contributed by atoms with Crippen LogP contribution in [0, 0.1) is 5.82 Å². The molecule has 1 N–H and O–H groups in total. The Balaban J connectivity index is 2.24. The SMILES string of the molecule is CC(NC(=O)C(F)(F)F)C(=O)c1ccn2cc(F)ccc12. The quantitative estimate of drug-likeness (QED) is 0.699. The van der Waals surface area contributed by atoms with Crippen molar-refractivity contribution in [1.29, 1.82) is 0 Å². The molecule has 1 unspecified atom stereocenters. The molecule has 0 aromatic carbocycles. The summed E-state index contributed by atoms with van der Waals surface area (Å²) in [6, 6.07) is 2.47. The van der Waals surface area contributed by atoms with Gasteiger partial charge in [0.2, 0.25) is 0 Å². The minimum Gasteiger partial charge on any atom is -0.338 e. The van der Waals surface area contributed by atoms with Crippen LogP contribution in [0.25, 0.3) is 5.52 Å². The van der Waals surface area contributed by atoms with Gasteiger partial charge >= 0.3 is 12.1 Å². The summed E-state index contributed by atoms with van der Waals surface area (Å²) in [4.78, 5) is 22.9. The third-order valence-corrected chi connectivity index (χ3v) is 2.88. The van der Waals surface area contributed by atoms with Gasteiger partial charge in [0, 0.05) is 18.0 Å². The van der Waals surface area contributed by atoms with Crippen LogP contribution < -0.4 is 5.32 Å². The molecule has 0 radical (unpaired) electrons. The lowest BCUT2D eigenvalue weighted by Crippen LogP contribution is -2.45. The second kappa shape index (κ2) is 5.19. The van der Waals surface area contributed by atoms with E-state index in [-0.39, 0.29) is 5.56 Å². The van der Waals surface area contributed by atoms with E-state index in [0.717, 1.165) is 19.2 Å². The Hall–Kier alpha value is -2.38.